The Morgan fingerprint density at radius 2 is 1.43 bits per heavy atom. The molecule has 1 fully saturated rings. The van der Waals surface area contributed by atoms with E-state index in [9.17, 15) is 5.11 Å². The van der Waals surface area contributed by atoms with Gasteiger partial charge in [0.2, 0.25) is 0 Å². The van der Waals surface area contributed by atoms with E-state index in [0.29, 0.717) is 6.54 Å². The van der Waals surface area contributed by atoms with Crippen molar-refractivity contribution in [1.29, 1.82) is 0 Å². The van der Waals surface area contributed by atoms with Crippen LogP contribution in [-0.4, -0.2) is 17.3 Å². The molecule has 21 heavy (non-hydrogen) atoms. The first-order valence-electron chi connectivity index (χ1n) is 7.91. The normalized spacial score (nSPS) is 19.5. The third-order valence-electron chi connectivity index (χ3n) is 5.00. The van der Waals surface area contributed by atoms with E-state index in [1.54, 1.807) is 0 Å². The molecule has 2 N–H and O–H groups in total. The van der Waals surface area contributed by atoms with Gasteiger partial charge >= 0.3 is 0 Å². The average molecular weight is 279 g/mol. The summed E-state index contributed by atoms with van der Waals surface area (Å²) < 4.78 is 0. The summed E-state index contributed by atoms with van der Waals surface area (Å²) in [6, 6.07) is 17.4. The van der Waals surface area contributed by atoms with Gasteiger partial charge in [0.15, 0.2) is 0 Å². The van der Waals surface area contributed by atoms with Crippen LogP contribution in [0.5, 0.6) is 0 Å². The number of hydrogen-bond donors (Lipinski definition) is 2. The van der Waals surface area contributed by atoms with Gasteiger partial charge < -0.3 is 10.4 Å². The van der Waals surface area contributed by atoms with Crippen LogP contribution in [-0.2, 0) is 0 Å². The molecular formula is C19H21NO. The maximum absolute atomic E-state index is 10.6. The predicted molar refractivity (Wildman–Crippen MR) is 85.1 cm³/mol. The third kappa shape index (κ3) is 2.19. The number of fused-ring (bicyclic) bond motifs is 3. The quantitative estimate of drug-likeness (QED) is 0.899. The lowest BCUT2D eigenvalue weighted by atomic mass is 10.00. The van der Waals surface area contributed by atoms with Crippen molar-refractivity contribution in [3.05, 3.63) is 59.7 Å². The smallest absolute Gasteiger partial charge is 0.0771 e. The van der Waals surface area contributed by atoms with Gasteiger partial charge in [-0.05, 0) is 35.1 Å². The second kappa shape index (κ2) is 4.97. The van der Waals surface area contributed by atoms with Gasteiger partial charge in [-0.25, -0.2) is 0 Å². The van der Waals surface area contributed by atoms with Crippen LogP contribution in [0.2, 0.25) is 0 Å². The van der Waals surface area contributed by atoms with Crippen LogP contribution in [0.3, 0.4) is 0 Å². The minimum atomic E-state index is -0.507. The number of benzene rings is 2. The largest absolute Gasteiger partial charge is 0.389 e. The third-order valence-corrected chi connectivity index (χ3v) is 5.00. The molecule has 4 rings (SSSR count). The highest BCUT2D eigenvalue weighted by Crippen LogP contribution is 2.43. The summed E-state index contributed by atoms with van der Waals surface area (Å²) in [5.74, 6) is 0. The molecule has 2 heteroatoms. The lowest BCUT2D eigenvalue weighted by Gasteiger charge is -2.26. The van der Waals surface area contributed by atoms with Crippen LogP contribution < -0.4 is 5.32 Å². The standard InChI is InChI=1S/C19H21NO/c21-19(11-5-6-12-19)13-20-18-16-9-3-1-7-14(16)15-8-2-4-10-17(15)18/h1-4,7-10,18,20-21H,5-6,11-13H2. The maximum Gasteiger partial charge on any atom is 0.0771 e. The SMILES string of the molecule is OC1(CNC2c3ccccc3-c3ccccc32)CCCC1. The predicted octanol–water partition coefficient (Wildman–Crippen LogP) is 3.65. The van der Waals surface area contributed by atoms with E-state index in [4.69, 9.17) is 0 Å². The zero-order valence-electron chi connectivity index (χ0n) is 12.2. The minimum Gasteiger partial charge on any atom is -0.389 e. The first kappa shape index (κ1) is 13.1. The molecule has 0 unspecified atom stereocenters. The minimum absolute atomic E-state index is 0.210. The summed E-state index contributed by atoms with van der Waals surface area (Å²) in [4.78, 5) is 0. The lowest BCUT2D eigenvalue weighted by Crippen LogP contribution is -2.39. The van der Waals surface area contributed by atoms with Gasteiger partial charge in [-0.1, -0.05) is 61.4 Å². The van der Waals surface area contributed by atoms with Gasteiger partial charge in [0.05, 0.1) is 11.6 Å². The second-order valence-corrected chi connectivity index (χ2v) is 6.42. The highest BCUT2D eigenvalue weighted by atomic mass is 16.3. The Kier molecular flexibility index (Phi) is 3.09. The summed E-state index contributed by atoms with van der Waals surface area (Å²) >= 11 is 0. The van der Waals surface area contributed by atoms with Crippen molar-refractivity contribution in [2.75, 3.05) is 6.54 Å². The fourth-order valence-electron chi connectivity index (χ4n) is 3.88. The number of aliphatic hydroxyl groups is 1. The van der Waals surface area contributed by atoms with Crippen molar-refractivity contribution in [3.63, 3.8) is 0 Å². The first-order valence-corrected chi connectivity index (χ1v) is 7.91. The molecule has 0 bridgehead atoms. The zero-order valence-corrected chi connectivity index (χ0v) is 12.2. The van der Waals surface area contributed by atoms with Crippen molar-refractivity contribution >= 4 is 0 Å². The molecule has 2 aromatic rings. The topological polar surface area (TPSA) is 32.3 Å². The molecule has 1 saturated carbocycles. The summed E-state index contributed by atoms with van der Waals surface area (Å²) in [7, 11) is 0. The van der Waals surface area contributed by atoms with E-state index in [0.717, 1.165) is 25.7 Å². The van der Waals surface area contributed by atoms with Crippen molar-refractivity contribution < 1.29 is 5.11 Å². The van der Waals surface area contributed by atoms with E-state index in [1.807, 2.05) is 0 Å². The zero-order chi connectivity index (χ0) is 14.3. The van der Waals surface area contributed by atoms with Crippen LogP contribution in [0.4, 0.5) is 0 Å². The van der Waals surface area contributed by atoms with Crippen molar-refractivity contribution in [2.24, 2.45) is 0 Å². The van der Waals surface area contributed by atoms with E-state index < -0.39 is 5.60 Å². The van der Waals surface area contributed by atoms with E-state index in [-0.39, 0.29) is 6.04 Å². The molecular weight excluding hydrogens is 258 g/mol. The summed E-state index contributed by atoms with van der Waals surface area (Å²) in [6.45, 7) is 0.681. The molecule has 0 radical (unpaired) electrons. The Balaban J connectivity index is 1.65. The summed E-state index contributed by atoms with van der Waals surface area (Å²) in [6.07, 6.45) is 4.15. The Hall–Kier alpha value is -1.64. The van der Waals surface area contributed by atoms with Gasteiger partial charge in [-0.3, -0.25) is 0 Å². The number of rotatable bonds is 3. The molecule has 2 aromatic carbocycles. The molecule has 2 aliphatic rings. The molecule has 0 spiro atoms. The molecule has 0 aromatic heterocycles. The van der Waals surface area contributed by atoms with Gasteiger partial charge in [0.25, 0.3) is 0 Å². The monoisotopic (exact) mass is 279 g/mol. The molecule has 0 saturated heterocycles. The number of hydrogen-bond acceptors (Lipinski definition) is 2. The molecule has 0 amide bonds. The highest BCUT2D eigenvalue weighted by Gasteiger charge is 2.34. The molecule has 2 aliphatic carbocycles. The van der Waals surface area contributed by atoms with Crippen LogP contribution in [0, 0.1) is 0 Å². The summed E-state index contributed by atoms with van der Waals surface area (Å²) in [5.41, 5.74) is 4.81. The second-order valence-electron chi connectivity index (χ2n) is 6.42. The van der Waals surface area contributed by atoms with E-state index in [1.165, 1.54) is 22.3 Å². The Bertz CT molecular complexity index is 613. The van der Waals surface area contributed by atoms with Gasteiger partial charge in [0.1, 0.15) is 0 Å². The van der Waals surface area contributed by atoms with Crippen LogP contribution in [0.15, 0.2) is 48.5 Å². The Labute approximate surface area is 125 Å². The Morgan fingerprint density at radius 3 is 2.00 bits per heavy atom. The van der Waals surface area contributed by atoms with Crippen LogP contribution >= 0.6 is 0 Å². The van der Waals surface area contributed by atoms with Crippen molar-refractivity contribution in [1.82, 2.24) is 5.32 Å². The molecule has 0 aliphatic heterocycles. The number of nitrogens with one attached hydrogen (secondary N) is 1. The first-order chi connectivity index (χ1) is 10.3. The molecule has 0 heterocycles. The van der Waals surface area contributed by atoms with Crippen molar-refractivity contribution in [3.8, 4) is 11.1 Å². The molecule has 2 nitrogen and oxygen atoms in total. The fourth-order valence-corrected chi connectivity index (χ4v) is 3.88. The van der Waals surface area contributed by atoms with E-state index in [2.05, 4.69) is 53.8 Å². The van der Waals surface area contributed by atoms with Gasteiger partial charge in [0, 0.05) is 6.54 Å². The Morgan fingerprint density at radius 1 is 0.905 bits per heavy atom. The average Bonchev–Trinajstić information content (AvgIpc) is 3.08. The van der Waals surface area contributed by atoms with Gasteiger partial charge in [-0.15, -0.1) is 0 Å². The fraction of sp³-hybridized carbons (Fsp3) is 0.368. The summed E-state index contributed by atoms with van der Waals surface area (Å²) in [5, 5.41) is 14.2. The lowest BCUT2D eigenvalue weighted by molar-refractivity contribution is 0.0461. The van der Waals surface area contributed by atoms with E-state index >= 15 is 0 Å². The highest BCUT2D eigenvalue weighted by molar-refractivity contribution is 5.78. The maximum atomic E-state index is 10.6. The van der Waals surface area contributed by atoms with Crippen molar-refractivity contribution in [2.45, 2.75) is 37.3 Å². The molecule has 108 valence electrons. The van der Waals surface area contributed by atoms with Crippen LogP contribution in [0.1, 0.15) is 42.9 Å². The van der Waals surface area contributed by atoms with Gasteiger partial charge in [-0.2, -0.15) is 0 Å². The molecule has 0 atom stereocenters. The van der Waals surface area contributed by atoms with Crippen LogP contribution in [0.25, 0.3) is 11.1 Å².